The van der Waals surface area contributed by atoms with Gasteiger partial charge in [-0.2, -0.15) is 0 Å². The van der Waals surface area contributed by atoms with E-state index in [-0.39, 0.29) is 24.9 Å². The summed E-state index contributed by atoms with van der Waals surface area (Å²) < 4.78 is 39.2. The molecule has 1 aliphatic heterocycles. The number of carbonyl (C=O) groups is 2. The summed E-state index contributed by atoms with van der Waals surface area (Å²) in [7, 11) is 0. The molecule has 0 aromatic rings. The van der Waals surface area contributed by atoms with Crippen LogP contribution in [0.5, 0.6) is 0 Å². The molecule has 110 valence electrons. The van der Waals surface area contributed by atoms with Crippen molar-refractivity contribution in [3.05, 3.63) is 0 Å². The molecule has 0 unspecified atom stereocenters. The predicted molar refractivity (Wildman–Crippen MR) is 60.0 cm³/mol. The van der Waals surface area contributed by atoms with E-state index >= 15 is 0 Å². The van der Waals surface area contributed by atoms with Crippen LogP contribution in [0.25, 0.3) is 0 Å². The van der Waals surface area contributed by atoms with Gasteiger partial charge in [-0.15, -0.1) is 13.2 Å². The first kappa shape index (κ1) is 15.7. The molecule has 0 spiro atoms. The second kappa shape index (κ2) is 5.77. The molecule has 1 saturated heterocycles. The van der Waals surface area contributed by atoms with Crippen molar-refractivity contribution in [1.29, 1.82) is 0 Å². The zero-order chi connectivity index (χ0) is 14.7. The van der Waals surface area contributed by atoms with Crippen molar-refractivity contribution in [3.63, 3.8) is 0 Å². The molecule has 1 heterocycles. The van der Waals surface area contributed by atoms with Crippen molar-refractivity contribution in [2.45, 2.75) is 38.6 Å². The molecule has 0 atom stereocenters. The number of nitrogens with one attached hydrogen (secondary N) is 1. The summed E-state index contributed by atoms with van der Waals surface area (Å²) in [5.74, 6) is -0.724. The van der Waals surface area contributed by atoms with Gasteiger partial charge in [0.25, 0.3) is 0 Å². The minimum Gasteiger partial charge on any atom is -0.340 e. The number of amides is 2. The minimum atomic E-state index is -4.73. The zero-order valence-corrected chi connectivity index (χ0v) is 10.8. The normalized spacial score (nSPS) is 19.5. The summed E-state index contributed by atoms with van der Waals surface area (Å²) >= 11 is 0. The molecule has 1 N–H and O–H groups in total. The van der Waals surface area contributed by atoms with Crippen LogP contribution in [0, 0.1) is 0 Å². The van der Waals surface area contributed by atoms with Gasteiger partial charge in [-0.3, -0.25) is 14.3 Å². The third-order valence-corrected chi connectivity index (χ3v) is 3.24. The van der Waals surface area contributed by atoms with E-state index in [2.05, 4.69) is 10.1 Å². The highest BCUT2D eigenvalue weighted by atomic mass is 19.4. The Kier molecular flexibility index (Phi) is 4.78. The lowest BCUT2D eigenvalue weighted by atomic mass is 9.89. The summed E-state index contributed by atoms with van der Waals surface area (Å²) in [5.41, 5.74) is -1.01. The first-order valence-electron chi connectivity index (χ1n) is 6.05. The fourth-order valence-electron chi connectivity index (χ4n) is 2.09. The second-order valence-corrected chi connectivity index (χ2v) is 4.36. The maximum absolute atomic E-state index is 12.2. The van der Waals surface area contributed by atoms with Gasteiger partial charge in [0.05, 0.1) is 13.2 Å². The number of halogens is 3. The predicted octanol–water partition coefficient (Wildman–Crippen LogP) is 1.04. The number of ether oxygens (including phenoxy) is 1. The Morgan fingerprint density at radius 1 is 1.32 bits per heavy atom. The monoisotopic (exact) mass is 282 g/mol. The third kappa shape index (κ3) is 3.82. The quantitative estimate of drug-likeness (QED) is 0.819. The van der Waals surface area contributed by atoms with Gasteiger partial charge < -0.3 is 10.2 Å². The van der Waals surface area contributed by atoms with Crippen LogP contribution in [0.1, 0.15) is 26.7 Å². The molecule has 1 fully saturated rings. The molecule has 0 aromatic heterocycles. The molecular formula is C11H17F3N2O3. The van der Waals surface area contributed by atoms with Crippen molar-refractivity contribution in [2.24, 2.45) is 0 Å². The van der Waals surface area contributed by atoms with E-state index in [0.29, 0.717) is 12.8 Å². The van der Waals surface area contributed by atoms with Gasteiger partial charge in [0, 0.05) is 6.54 Å². The molecule has 0 aromatic carbocycles. The maximum Gasteiger partial charge on any atom is 0.522 e. The molecule has 0 aliphatic carbocycles. The Morgan fingerprint density at radius 2 is 1.89 bits per heavy atom. The summed E-state index contributed by atoms with van der Waals surface area (Å²) in [6, 6.07) is 0. The van der Waals surface area contributed by atoms with Crippen LogP contribution in [0.4, 0.5) is 13.2 Å². The summed E-state index contributed by atoms with van der Waals surface area (Å²) in [6.45, 7) is 2.33. The Morgan fingerprint density at radius 3 is 2.37 bits per heavy atom. The van der Waals surface area contributed by atoms with Crippen molar-refractivity contribution < 1.29 is 27.5 Å². The Balaban J connectivity index is 2.67. The van der Waals surface area contributed by atoms with Crippen molar-refractivity contribution >= 4 is 11.8 Å². The zero-order valence-electron chi connectivity index (χ0n) is 10.8. The van der Waals surface area contributed by atoms with Crippen LogP contribution in [0.2, 0.25) is 0 Å². The van der Waals surface area contributed by atoms with Crippen LogP contribution < -0.4 is 5.32 Å². The van der Waals surface area contributed by atoms with Crippen molar-refractivity contribution in [1.82, 2.24) is 10.2 Å². The molecule has 8 heteroatoms. The summed E-state index contributed by atoms with van der Waals surface area (Å²) in [5, 5.41) is 2.62. The van der Waals surface area contributed by atoms with E-state index in [1.807, 2.05) is 0 Å². The smallest absolute Gasteiger partial charge is 0.340 e. The van der Waals surface area contributed by atoms with E-state index in [4.69, 9.17) is 0 Å². The number of carbonyl (C=O) groups excluding carboxylic acids is 2. The Bertz CT molecular complexity index is 354. The Labute approximate surface area is 109 Å². The number of hydrogen-bond donors (Lipinski definition) is 1. The second-order valence-electron chi connectivity index (χ2n) is 4.36. The highest BCUT2D eigenvalue weighted by Crippen LogP contribution is 2.22. The van der Waals surface area contributed by atoms with Gasteiger partial charge in [-0.25, -0.2) is 0 Å². The molecule has 1 rings (SSSR count). The van der Waals surface area contributed by atoms with Gasteiger partial charge in [-0.1, -0.05) is 13.8 Å². The standard InChI is InChI=1S/C11H17F3N2O3/c1-3-10(4-2)9(18)16(7-8(17)15-10)5-6-19-11(12,13)14/h3-7H2,1-2H3,(H,15,17). The van der Waals surface area contributed by atoms with Crippen LogP contribution in [-0.4, -0.2) is 48.3 Å². The fourth-order valence-corrected chi connectivity index (χ4v) is 2.09. The lowest BCUT2D eigenvalue weighted by Gasteiger charge is -2.41. The third-order valence-electron chi connectivity index (χ3n) is 3.24. The number of hydrogen-bond acceptors (Lipinski definition) is 3. The lowest BCUT2D eigenvalue weighted by molar-refractivity contribution is -0.324. The van der Waals surface area contributed by atoms with Gasteiger partial charge in [0.2, 0.25) is 11.8 Å². The lowest BCUT2D eigenvalue weighted by Crippen LogP contribution is -2.66. The van der Waals surface area contributed by atoms with Crippen molar-refractivity contribution in [2.75, 3.05) is 19.7 Å². The maximum atomic E-state index is 12.2. The molecule has 5 nitrogen and oxygen atoms in total. The fraction of sp³-hybridized carbons (Fsp3) is 0.818. The number of piperazine rings is 1. The highest BCUT2D eigenvalue weighted by Gasteiger charge is 2.44. The largest absolute Gasteiger partial charge is 0.522 e. The molecule has 19 heavy (non-hydrogen) atoms. The van der Waals surface area contributed by atoms with Crippen LogP contribution in [0.3, 0.4) is 0 Å². The van der Waals surface area contributed by atoms with E-state index in [1.54, 1.807) is 13.8 Å². The molecule has 0 saturated carbocycles. The van der Waals surface area contributed by atoms with Gasteiger partial charge in [0.15, 0.2) is 0 Å². The van der Waals surface area contributed by atoms with E-state index < -0.39 is 18.5 Å². The molecule has 2 amide bonds. The van der Waals surface area contributed by atoms with Gasteiger partial charge in [-0.05, 0) is 12.8 Å². The van der Waals surface area contributed by atoms with E-state index in [0.717, 1.165) is 4.90 Å². The molecule has 1 aliphatic rings. The van der Waals surface area contributed by atoms with Crippen molar-refractivity contribution in [3.8, 4) is 0 Å². The van der Waals surface area contributed by atoms with Crippen LogP contribution >= 0.6 is 0 Å². The first-order chi connectivity index (χ1) is 8.74. The highest BCUT2D eigenvalue weighted by molar-refractivity contribution is 5.97. The summed E-state index contributed by atoms with van der Waals surface area (Å²) in [6.07, 6.45) is -3.94. The van der Waals surface area contributed by atoms with Crippen LogP contribution in [0.15, 0.2) is 0 Å². The number of rotatable bonds is 5. The van der Waals surface area contributed by atoms with Crippen LogP contribution in [-0.2, 0) is 14.3 Å². The minimum absolute atomic E-state index is 0.234. The number of nitrogens with zero attached hydrogens (tertiary/aromatic N) is 1. The van der Waals surface area contributed by atoms with E-state index in [1.165, 1.54) is 0 Å². The Hall–Kier alpha value is -1.31. The van der Waals surface area contributed by atoms with Gasteiger partial charge in [0.1, 0.15) is 5.54 Å². The topological polar surface area (TPSA) is 58.6 Å². The molecular weight excluding hydrogens is 265 g/mol. The average Bonchev–Trinajstić information content (AvgIpc) is 2.31. The average molecular weight is 282 g/mol. The molecule has 0 bridgehead atoms. The summed E-state index contributed by atoms with van der Waals surface area (Å²) in [4.78, 5) is 24.8. The molecule has 0 radical (unpaired) electrons. The van der Waals surface area contributed by atoms with E-state index in [9.17, 15) is 22.8 Å². The first-order valence-corrected chi connectivity index (χ1v) is 6.05. The van der Waals surface area contributed by atoms with Gasteiger partial charge >= 0.3 is 6.36 Å². The SMILES string of the molecule is CCC1(CC)NC(=O)CN(CCOC(F)(F)F)C1=O. The number of alkyl halides is 3.